The number of halogens is 3. The topological polar surface area (TPSA) is 168 Å². The van der Waals surface area contributed by atoms with Gasteiger partial charge in [-0.2, -0.15) is 13.2 Å². The molecule has 1 aromatic heterocycles. The Kier molecular flexibility index (Phi) is 7.23. The quantitative estimate of drug-likeness (QED) is 0.295. The number of carboxylic acids is 2. The molecule has 0 aromatic carbocycles. The summed E-state index contributed by atoms with van der Waals surface area (Å²) in [5, 5.41) is 30.6. The third-order valence-corrected chi connectivity index (χ3v) is 7.21. The van der Waals surface area contributed by atoms with Gasteiger partial charge in [-0.15, -0.1) is 16.9 Å². The number of amides is 2. The minimum absolute atomic E-state index is 0.0460. The van der Waals surface area contributed by atoms with Crippen molar-refractivity contribution in [2.45, 2.75) is 28.6 Å². The molecule has 0 spiro atoms. The lowest BCUT2D eigenvalue weighted by atomic mass is 10.0. The number of alkyl halides is 3. The second-order valence-corrected chi connectivity index (χ2v) is 9.34. The van der Waals surface area contributed by atoms with Crippen molar-refractivity contribution in [3.63, 3.8) is 0 Å². The molecule has 0 saturated carbocycles. The van der Waals surface area contributed by atoms with E-state index >= 15 is 0 Å². The number of nitrogens with one attached hydrogen (secondary N) is 1. The maximum Gasteiger partial charge on any atom is 0.442 e. The number of β-lactam (4-membered cyclic amide) rings is 1. The van der Waals surface area contributed by atoms with Gasteiger partial charge in [0.15, 0.2) is 0 Å². The van der Waals surface area contributed by atoms with E-state index in [0.717, 1.165) is 33.1 Å². The molecule has 1 unspecified atom stereocenters. The molecule has 3 heterocycles. The average molecular weight is 514 g/mol. The fourth-order valence-electron chi connectivity index (χ4n) is 2.84. The van der Waals surface area contributed by atoms with Crippen LogP contribution in [-0.2, 0) is 25.7 Å². The van der Waals surface area contributed by atoms with Crippen LogP contribution in [0.4, 0.5) is 13.2 Å². The van der Waals surface area contributed by atoms with Crippen LogP contribution in [0, 0.1) is 0 Å². The summed E-state index contributed by atoms with van der Waals surface area (Å²) in [5.41, 5.74) is -4.54. The van der Waals surface area contributed by atoms with Crippen LogP contribution in [0.1, 0.15) is 0 Å². The highest BCUT2D eigenvalue weighted by molar-refractivity contribution is 8.01. The van der Waals surface area contributed by atoms with Crippen LogP contribution in [0.3, 0.4) is 0 Å². The molecule has 0 bridgehead atoms. The van der Waals surface area contributed by atoms with Crippen LogP contribution in [0.15, 0.2) is 16.4 Å². The fourth-order valence-corrected chi connectivity index (χ4v) is 5.58. The van der Waals surface area contributed by atoms with E-state index in [1.807, 2.05) is 0 Å². The SMILES string of the molecule is O=C(O)Cn1nnnc1SCC1=C(C(=O)O)N2C(=O)C(NC(=O)CSC(F)(F)F)[C@H]2SC1. The highest BCUT2D eigenvalue weighted by Gasteiger charge is 2.54. The first-order chi connectivity index (χ1) is 15.0. The molecule has 2 aliphatic rings. The summed E-state index contributed by atoms with van der Waals surface area (Å²) in [6, 6.07) is -1.13. The first kappa shape index (κ1) is 24.2. The van der Waals surface area contributed by atoms with Gasteiger partial charge < -0.3 is 15.5 Å². The monoisotopic (exact) mass is 514 g/mol. The largest absolute Gasteiger partial charge is 0.480 e. The van der Waals surface area contributed by atoms with Crippen LogP contribution in [0.25, 0.3) is 0 Å². The number of nitrogens with zero attached hydrogens (tertiary/aromatic N) is 5. The summed E-state index contributed by atoms with van der Waals surface area (Å²) in [6.45, 7) is -0.490. The third-order valence-electron chi connectivity index (χ3n) is 4.09. The Morgan fingerprint density at radius 3 is 2.62 bits per heavy atom. The minimum atomic E-state index is -4.59. The van der Waals surface area contributed by atoms with Gasteiger partial charge >= 0.3 is 17.4 Å². The molecule has 2 aliphatic heterocycles. The van der Waals surface area contributed by atoms with Crippen LogP contribution >= 0.6 is 35.3 Å². The summed E-state index contributed by atoms with van der Waals surface area (Å²) in [5.74, 6) is -5.01. The number of aromatic nitrogens is 4. The molecule has 0 aliphatic carbocycles. The minimum Gasteiger partial charge on any atom is -0.480 e. The second kappa shape index (κ2) is 9.57. The van der Waals surface area contributed by atoms with Crippen molar-refractivity contribution in [2.75, 3.05) is 17.3 Å². The normalized spacial score (nSPS) is 20.6. The zero-order valence-electron chi connectivity index (χ0n) is 15.6. The lowest BCUT2D eigenvalue weighted by Crippen LogP contribution is -2.70. The number of rotatable bonds is 9. The summed E-state index contributed by atoms with van der Waals surface area (Å²) in [6.07, 6.45) is 0. The molecule has 18 heteroatoms. The van der Waals surface area contributed by atoms with Crippen LogP contribution < -0.4 is 5.32 Å². The van der Waals surface area contributed by atoms with Gasteiger partial charge in [-0.1, -0.05) is 11.8 Å². The Bertz CT molecular complexity index is 986. The van der Waals surface area contributed by atoms with Crippen LogP contribution in [0.5, 0.6) is 0 Å². The second-order valence-electron chi connectivity index (χ2n) is 6.25. The number of carbonyl (C=O) groups excluding carboxylic acids is 2. The van der Waals surface area contributed by atoms with E-state index in [1.165, 1.54) is 0 Å². The molecule has 2 amide bonds. The molecule has 1 saturated heterocycles. The van der Waals surface area contributed by atoms with Gasteiger partial charge in [-0.05, 0) is 27.8 Å². The Morgan fingerprint density at radius 2 is 2.00 bits per heavy atom. The zero-order valence-corrected chi connectivity index (χ0v) is 18.1. The molecular weight excluding hydrogens is 501 g/mol. The summed E-state index contributed by atoms with van der Waals surface area (Å²) < 4.78 is 37.7. The van der Waals surface area contributed by atoms with E-state index in [0.29, 0.717) is 5.57 Å². The lowest BCUT2D eigenvalue weighted by Gasteiger charge is -2.49. The van der Waals surface area contributed by atoms with Crippen molar-refractivity contribution in [3.8, 4) is 0 Å². The van der Waals surface area contributed by atoms with E-state index in [1.54, 1.807) is 0 Å². The highest BCUT2D eigenvalue weighted by Crippen LogP contribution is 2.41. The molecule has 2 atom stereocenters. The van der Waals surface area contributed by atoms with E-state index < -0.39 is 64.7 Å². The van der Waals surface area contributed by atoms with E-state index in [4.69, 9.17) is 5.11 Å². The average Bonchev–Trinajstić information content (AvgIpc) is 3.13. The molecule has 32 heavy (non-hydrogen) atoms. The number of hydrogen-bond donors (Lipinski definition) is 3. The third kappa shape index (κ3) is 5.47. The van der Waals surface area contributed by atoms with Gasteiger partial charge in [0.2, 0.25) is 11.1 Å². The maximum absolute atomic E-state index is 12.5. The first-order valence-corrected chi connectivity index (χ1v) is 11.5. The molecular formula is C14H13F3N6O6S3. The Morgan fingerprint density at radius 1 is 1.28 bits per heavy atom. The van der Waals surface area contributed by atoms with Gasteiger partial charge in [-0.25, -0.2) is 9.48 Å². The van der Waals surface area contributed by atoms with Crippen molar-refractivity contribution in [3.05, 3.63) is 11.3 Å². The number of carboxylic acid groups (broad SMARTS) is 2. The van der Waals surface area contributed by atoms with Crippen molar-refractivity contribution in [2.24, 2.45) is 0 Å². The van der Waals surface area contributed by atoms with Gasteiger partial charge in [0.25, 0.3) is 5.91 Å². The summed E-state index contributed by atoms with van der Waals surface area (Å²) >= 11 is 1.59. The van der Waals surface area contributed by atoms with Crippen LogP contribution in [-0.4, -0.2) is 93.3 Å². The smallest absolute Gasteiger partial charge is 0.442 e. The first-order valence-electron chi connectivity index (χ1n) is 8.48. The standard InChI is InChI=1S/C14H13F3N6O6S3/c15-14(16,17)32-4-6(24)18-8-10(27)23-9(12(28)29)5(2-30-11(8)23)3-31-13-19-20-21-22(13)1-7(25)26/h8,11H,1-4H2,(H,18,24)(H,25,26)(H,28,29)/t8?,11-/m1/s1. The fraction of sp³-hybridized carbons (Fsp3) is 0.500. The Balaban J connectivity index is 1.67. The maximum atomic E-state index is 12.5. The lowest BCUT2D eigenvalue weighted by molar-refractivity contribution is -0.150. The highest BCUT2D eigenvalue weighted by atomic mass is 32.2. The molecule has 3 N–H and O–H groups in total. The summed E-state index contributed by atoms with van der Waals surface area (Å²) in [7, 11) is 0. The van der Waals surface area contributed by atoms with Gasteiger partial charge in [0.1, 0.15) is 23.7 Å². The van der Waals surface area contributed by atoms with Crippen molar-refractivity contribution in [1.82, 2.24) is 30.4 Å². The number of fused-ring (bicyclic) bond motifs is 1. The number of tetrazole rings is 1. The number of aliphatic carboxylic acids is 2. The van der Waals surface area contributed by atoms with Crippen LogP contribution in [0.2, 0.25) is 0 Å². The molecule has 1 fully saturated rings. The van der Waals surface area contributed by atoms with E-state index in [9.17, 15) is 37.5 Å². The summed E-state index contributed by atoms with van der Waals surface area (Å²) in [4.78, 5) is 47.8. The molecule has 174 valence electrons. The van der Waals surface area contributed by atoms with E-state index in [-0.39, 0.29) is 22.4 Å². The van der Waals surface area contributed by atoms with E-state index in [2.05, 4.69) is 20.8 Å². The molecule has 1 aromatic rings. The molecule has 3 rings (SSSR count). The number of thioether (sulfide) groups is 3. The predicted molar refractivity (Wildman–Crippen MR) is 104 cm³/mol. The molecule has 0 radical (unpaired) electrons. The van der Waals surface area contributed by atoms with Gasteiger partial charge in [0, 0.05) is 11.5 Å². The van der Waals surface area contributed by atoms with Crippen molar-refractivity contribution >= 4 is 59.0 Å². The van der Waals surface area contributed by atoms with Crippen molar-refractivity contribution in [1.29, 1.82) is 0 Å². The Hall–Kier alpha value is -2.47. The van der Waals surface area contributed by atoms with Gasteiger partial charge in [0.05, 0.1) is 5.75 Å². The number of hydrogen-bond acceptors (Lipinski definition) is 10. The van der Waals surface area contributed by atoms with Crippen molar-refractivity contribution < 1.29 is 42.6 Å². The Labute approximate surface area is 189 Å². The van der Waals surface area contributed by atoms with Gasteiger partial charge in [-0.3, -0.25) is 19.3 Å². The number of carbonyl (C=O) groups is 4. The zero-order chi connectivity index (χ0) is 23.6. The molecule has 12 nitrogen and oxygen atoms in total. The predicted octanol–water partition coefficient (Wildman–Crippen LogP) is -0.159.